The fraction of sp³-hybridized carbons (Fsp3) is 0.273. The van der Waals surface area contributed by atoms with Crippen molar-refractivity contribution in [1.29, 1.82) is 0 Å². The molecular weight excluding hydrogens is 530 g/mol. The Morgan fingerprint density at radius 2 is 2.22 bits per heavy atom. The molecule has 2 aliphatic rings. The number of hydrogen-bond donors (Lipinski definition) is 3. The predicted octanol–water partition coefficient (Wildman–Crippen LogP) is 0.556. The molecule has 0 aliphatic carbocycles. The summed E-state index contributed by atoms with van der Waals surface area (Å²) in [6.45, 7) is 1.61. The summed E-state index contributed by atoms with van der Waals surface area (Å²) in [7, 11) is 1.41. The fourth-order valence-corrected chi connectivity index (χ4v) is 5.95. The number of ether oxygens (including phenoxy) is 2. The van der Waals surface area contributed by atoms with Gasteiger partial charge in [0.05, 0.1) is 0 Å². The molecule has 0 spiro atoms. The number of para-hydroxylation sites is 1. The number of anilines is 2. The van der Waals surface area contributed by atoms with Gasteiger partial charge < -0.3 is 0 Å². The molecule has 168 valence electrons. The number of nitrogens with zero attached hydrogens (tertiary/aromatic N) is 1. The molecule has 8 nitrogen and oxygen atoms in total. The van der Waals surface area contributed by atoms with E-state index in [9.17, 15) is 9.18 Å². The SMILES string of the molecule is COc1c(F)cccc1Nc1c2[nH]c3c1C(=O)NCC3[I-]OCCCOc1cnccc1-2. The van der Waals surface area contributed by atoms with E-state index in [1.165, 1.54) is 13.2 Å². The zero-order chi connectivity index (χ0) is 22.1. The quantitative estimate of drug-likeness (QED) is 0.325. The van der Waals surface area contributed by atoms with E-state index >= 15 is 0 Å². The van der Waals surface area contributed by atoms with Gasteiger partial charge in [-0.3, -0.25) is 0 Å². The van der Waals surface area contributed by atoms with Crippen LogP contribution < -0.4 is 41.7 Å². The van der Waals surface area contributed by atoms with Gasteiger partial charge in [0.15, 0.2) is 0 Å². The molecule has 2 aliphatic heterocycles. The molecule has 32 heavy (non-hydrogen) atoms. The van der Waals surface area contributed by atoms with Crippen molar-refractivity contribution < 1.29 is 43.3 Å². The fourth-order valence-electron chi connectivity index (χ4n) is 3.83. The standard InChI is InChI=1S/C22H21FIN4O4/c1-30-21-13(23)4-2-5-15(21)27-20-17-19-14(10-26-22(17)29)24-32-9-3-8-31-16-11-25-7-6-12(16)18(20)28-19/h2,4-7,11,14,27-28H,3,8-10H2,1H3,(H,26,29)/q-1. The number of methoxy groups -OCH3 is 1. The van der Waals surface area contributed by atoms with Gasteiger partial charge in [-0.1, -0.05) is 0 Å². The summed E-state index contributed by atoms with van der Waals surface area (Å²) in [5.74, 6) is -0.0375. The van der Waals surface area contributed by atoms with Gasteiger partial charge in [-0.2, -0.15) is 0 Å². The summed E-state index contributed by atoms with van der Waals surface area (Å²) in [5.41, 5.74) is 3.69. The van der Waals surface area contributed by atoms with Gasteiger partial charge in [0.1, 0.15) is 0 Å². The number of nitrogens with one attached hydrogen (secondary N) is 3. The minimum absolute atomic E-state index is 0.0656. The summed E-state index contributed by atoms with van der Waals surface area (Å²) in [6, 6.07) is 6.46. The van der Waals surface area contributed by atoms with Crippen LogP contribution in [0.3, 0.4) is 0 Å². The summed E-state index contributed by atoms with van der Waals surface area (Å²) in [6.07, 6.45) is 4.09. The van der Waals surface area contributed by atoms with Crippen LogP contribution in [0.2, 0.25) is 0 Å². The van der Waals surface area contributed by atoms with Crippen LogP contribution >= 0.6 is 0 Å². The van der Waals surface area contributed by atoms with Crippen molar-refractivity contribution in [3.8, 4) is 22.8 Å². The molecule has 0 saturated carbocycles. The van der Waals surface area contributed by atoms with Crippen molar-refractivity contribution >= 4 is 17.3 Å². The number of halogens is 2. The molecule has 0 fully saturated rings. The maximum absolute atomic E-state index is 14.4. The molecule has 0 saturated heterocycles. The van der Waals surface area contributed by atoms with E-state index in [1.54, 1.807) is 24.5 Å². The normalized spacial score (nSPS) is 18.1. The first-order valence-corrected chi connectivity index (χ1v) is 12.3. The van der Waals surface area contributed by atoms with Gasteiger partial charge >= 0.3 is 195 Å². The first kappa shape index (κ1) is 21.0. The van der Waals surface area contributed by atoms with Crippen molar-refractivity contribution in [1.82, 2.24) is 15.3 Å². The molecule has 1 unspecified atom stereocenters. The minimum atomic E-state index is -0.668. The molecule has 1 aromatic carbocycles. The number of aromatic amines is 1. The number of carbonyl (C=O) groups excluding carboxylic acids is 1. The Morgan fingerprint density at radius 1 is 1.31 bits per heavy atom. The summed E-state index contributed by atoms with van der Waals surface area (Å²) < 4.78 is 31.6. The van der Waals surface area contributed by atoms with Crippen molar-refractivity contribution in [2.45, 2.75) is 10.3 Å². The zero-order valence-electron chi connectivity index (χ0n) is 17.2. The molecule has 2 aromatic heterocycles. The third-order valence-corrected chi connectivity index (χ3v) is 7.77. The van der Waals surface area contributed by atoms with E-state index in [4.69, 9.17) is 12.5 Å². The Balaban J connectivity index is 1.73. The number of H-pyrrole nitrogens is 1. The average molecular weight is 551 g/mol. The molecule has 5 rings (SSSR count). The number of carbonyl (C=O) groups is 1. The van der Waals surface area contributed by atoms with Gasteiger partial charge in [-0.25, -0.2) is 0 Å². The third kappa shape index (κ3) is 3.77. The van der Waals surface area contributed by atoms with Crippen molar-refractivity contribution in [3.05, 3.63) is 53.7 Å². The van der Waals surface area contributed by atoms with Crippen molar-refractivity contribution in [3.63, 3.8) is 0 Å². The molecule has 10 heteroatoms. The number of rotatable bonds is 3. The van der Waals surface area contributed by atoms with Crippen LogP contribution in [0.25, 0.3) is 11.3 Å². The summed E-state index contributed by atoms with van der Waals surface area (Å²) in [4.78, 5) is 20.7. The average Bonchev–Trinajstić information content (AvgIpc) is 3.17. The van der Waals surface area contributed by atoms with Gasteiger partial charge in [0, 0.05) is 0 Å². The number of hydrogen-bond acceptors (Lipinski definition) is 6. The van der Waals surface area contributed by atoms with Crippen LogP contribution in [-0.2, 0) is 3.07 Å². The van der Waals surface area contributed by atoms with E-state index in [-0.39, 0.29) is 15.6 Å². The number of fused-ring (bicyclic) bond motifs is 3. The third-order valence-electron chi connectivity index (χ3n) is 5.29. The van der Waals surface area contributed by atoms with E-state index in [0.29, 0.717) is 48.1 Å². The Kier molecular flexibility index (Phi) is 5.87. The number of pyridine rings is 1. The van der Waals surface area contributed by atoms with Crippen LogP contribution in [0.15, 0.2) is 36.7 Å². The van der Waals surface area contributed by atoms with E-state index in [0.717, 1.165) is 17.7 Å². The number of alkyl halides is 1. The summed E-state index contributed by atoms with van der Waals surface area (Å²) in [5, 5.41) is 6.23. The van der Waals surface area contributed by atoms with E-state index < -0.39 is 27.4 Å². The second-order valence-electron chi connectivity index (χ2n) is 7.26. The van der Waals surface area contributed by atoms with Crippen LogP contribution in [0, 0.1) is 5.82 Å². The monoisotopic (exact) mass is 551 g/mol. The number of benzene rings is 1. The van der Waals surface area contributed by atoms with Gasteiger partial charge in [-0.05, 0) is 0 Å². The second-order valence-corrected chi connectivity index (χ2v) is 9.90. The van der Waals surface area contributed by atoms with Crippen molar-refractivity contribution in [2.24, 2.45) is 0 Å². The van der Waals surface area contributed by atoms with Crippen molar-refractivity contribution in [2.75, 3.05) is 32.2 Å². The molecule has 3 aromatic rings. The summed E-state index contributed by atoms with van der Waals surface area (Å²) >= 11 is -0.668. The number of aromatic nitrogens is 2. The van der Waals surface area contributed by atoms with Gasteiger partial charge in [-0.15, -0.1) is 0 Å². The molecule has 1 amide bonds. The van der Waals surface area contributed by atoms with Crippen LogP contribution in [0.4, 0.5) is 15.8 Å². The molecule has 2 bridgehead atoms. The Bertz CT molecular complexity index is 1170. The van der Waals surface area contributed by atoms with E-state index in [1.807, 2.05) is 6.07 Å². The molecule has 1 atom stereocenters. The number of amides is 1. The Hall–Kier alpha value is -2.86. The van der Waals surface area contributed by atoms with Crippen LogP contribution in [-0.4, -0.2) is 42.7 Å². The maximum atomic E-state index is 14.4. The molecule has 3 N–H and O–H groups in total. The Morgan fingerprint density at radius 3 is 3.09 bits per heavy atom. The molecular formula is C22H21FIN4O4-. The first-order chi connectivity index (χ1) is 15.7. The topological polar surface area (TPSA) is 97.5 Å². The predicted molar refractivity (Wildman–Crippen MR) is 111 cm³/mol. The molecule has 0 radical (unpaired) electrons. The zero-order valence-corrected chi connectivity index (χ0v) is 19.4. The van der Waals surface area contributed by atoms with Gasteiger partial charge in [0.25, 0.3) is 0 Å². The van der Waals surface area contributed by atoms with E-state index in [2.05, 4.69) is 20.6 Å². The Labute approximate surface area is 194 Å². The molecule has 4 heterocycles. The van der Waals surface area contributed by atoms with Gasteiger partial charge in [0.2, 0.25) is 0 Å². The first-order valence-electron chi connectivity index (χ1n) is 10.1. The van der Waals surface area contributed by atoms with Crippen LogP contribution in [0.5, 0.6) is 11.5 Å². The second kappa shape index (κ2) is 8.94. The van der Waals surface area contributed by atoms with Crippen LogP contribution in [0.1, 0.15) is 26.4 Å².